The minimum atomic E-state index is -4.65. The smallest absolute Gasteiger partial charge is 0.306 e. The summed E-state index contributed by atoms with van der Waals surface area (Å²) in [7, 11) is 1.17. The predicted molar refractivity (Wildman–Crippen MR) is 393 cm³/mol. The third-order valence-corrected chi connectivity index (χ3v) is 18.5. The topological polar surface area (TPSA) is 111 Å². The van der Waals surface area contributed by atoms with E-state index in [0.29, 0.717) is 17.4 Å². The number of hydrogen-bond acceptors (Lipinski definition) is 8. The molecule has 2 unspecified atom stereocenters. The number of allylic oxidation sites excluding steroid dienone is 12. The predicted octanol–water partition coefficient (Wildman–Crippen LogP) is 25.3. The molecule has 0 fully saturated rings. The highest BCUT2D eigenvalue weighted by molar-refractivity contribution is 7.45. The van der Waals surface area contributed by atoms with Crippen LogP contribution in [0, 0.1) is 0 Å². The van der Waals surface area contributed by atoms with Crippen molar-refractivity contribution in [2.45, 2.75) is 386 Å². The summed E-state index contributed by atoms with van der Waals surface area (Å²) >= 11 is 0. The molecule has 0 amide bonds. The second-order valence-electron chi connectivity index (χ2n) is 27.7. The first-order valence-electron chi connectivity index (χ1n) is 39.1. The number of likely N-dealkylation sites (N-methyl/N-ethyl adjacent to an activating group) is 1. The SMILES string of the molecule is CC/C=C\C/C=C\C/C=C\C/C=C\C/C=C\C/C=C\CCCCCCCCCCCCC(=O)OC(COC(=O)CCCCCCCCCCCCCCCCCCCCCCCCCCCCCCCCCCCCCCCC)COP(=O)([O-])OCC[N+](C)(C)C. The van der Waals surface area contributed by atoms with E-state index in [4.69, 9.17) is 18.5 Å². The molecule has 2 atom stereocenters. The fraction of sp³-hybridized carbons (Fsp3) is 0.827. The van der Waals surface area contributed by atoms with Crippen molar-refractivity contribution >= 4 is 19.8 Å². The van der Waals surface area contributed by atoms with Crippen molar-refractivity contribution in [3.8, 4) is 0 Å². The van der Waals surface area contributed by atoms with E-state index in [0.717, 1.165) is 83.5 Å². The van der Waals surface area contributed by atoms with Gasteiger partial charge < -0.3 is 27.9 Å². The van der Waals surface area contributed by atoms with Crippen molar-refractivity contribution in [1.82, 2.24) is 0 Å². The van der Waals surface area contributed by atoms with Gasteiger partial charge in [-0.15, -0.1) is 0 Å². The summed E-state index contributed by atoms with van der Waals surface area (Å²) in [5.41, 5.74) is 0. The lowest BCUT2D eigenvalue weighted by Gasteiger charge is -2.28. The number of quaternary nitrogens is 1. The summed E-state index contributed by atoms with van der Waals surface area (Å²) in [5.74, 6) is -0.824. The molecule has 0 N–H and O–H groups in total. The molecule has 0 rings (SSSR count). The van der Waals surface area contributed by atoms with E-state index in [1.807, 2.05) is 21.1 Å². The lowest BCUT2D eigenvalue weighted by molar-refractivity contribution is -0.870. The van der Waals surface area contributed by atoms with Crippen LogP contribution in [0.15, 0.2) is 72.9 Å². The van der Waals surface area contributed by atoms with Crippen molar-refractivity contribution in [2.24, 2.45) is 0 Å². The molecule has 0 spiro atoms. The molecule has 0 aliphatic carbocycles. The van der Waals surface area contributed by atoms with Crippen LogP contribution < -0.4 is 4.89 Å². The number of unbranched alkanes of at least 4 members (excludes halogenated alkanes) is 47. The van der Waals surface area contributed by atoms with Crippen LogP contribution in [0.4, 0.5) is 0 Å². The van der Waals surface area contributed by atoms with E-state index in [9.17, 15) is 19.0 Å². The highest BCUT2D eigenvalue weighted by atomic mass is 31.2. The van der Waals surface area contributed by atoms with Crippen LogP contribution in [-0.4, -0.2) is 70.0 Å². The molecular weight excluding hydrogens is 1150 g/mol. The molecule has 0 heterocycles. The number of nitrogens with zero attached hydrogens (tertiary/aromatic N) is 1. The van der Waals surface area contributed by atoms with Gasteiger partial charge in [0.1, 0.15) is 19.8 Å². The fourth-order valence-electron chi connectivity index (χ4n) is 11.5. The molecule has 0 aromatic carbocycles. The lowest BCUT2D eigenvalue weighted by atomic mass is 10.0. The number of carbonyl (C=O) groups excluding carboxylic acids is 2. The number of carbonyl (C=O) groups is 2. The Kier molecular flexibility index (Phi) is 69.7. The van der Waals surface area contributed by atoms with Crippen LogP contribution in [0.5, 0.6) is 0 Å². The minimum Gasteiger partial charge on any atom is -0.756 e. The summed E-state index contributed by atoms with van der Waals surface area (Å²) in [6.45, 7) is 4.18. The van der Waals surface area contributed by atoms with Crippen molar-refractivity contribution in [1.29, 1.82) is 0 Å². The van der Waals surface area contributed by atoms with Crippen molar-refractivity contribution < 1.29 is 42.1 Å². The number of rotatable bonds is 73. The Hall–Kier alpha value is -2.55. The van der Waals surface area contributed by atoms with Crippen LogP contribution in [-0.2, 0) is 32.7 Å². The Morgan fingerprint density at radius 3 is 0.934 bits per heavy atom. The molecule has 0 aliphatic rings. The van der Waals surface area contributed by atoms with E-state index < -0.39 is 26.5 Å². The summed E-state index contributed by atoms with van der Waals surface area (Å²) in [6, 6.07) is 0. The molecular formula is C81H150NO8P. The molecule has 91 heavy (non-hydrogen) atoms. The maximum atomic E-state index is 12.9. The highest BCUT2D eigenvalue weighted by Crippen LogP contribution is 2.38. The highest BCUT2D eigenvalue weighted by Gasteiger charge is 2.22. The third kappa shape index (κ3) is 76.4. The minimum absolute atomic E-state index is 0.0325. The Balaban J connectivity index is 3.93. The van der Waals surface area contributed by atoms with Gasteiger partial charge in [0.15, 0.2) is 6.10 Å². The number of esters is 2. The van der Waals surface area contributed by atoms with Gasteiger partial charge in [0.2, 0.25) is 0 Å². The third-order valence-electron chi connectivity index (χ3n) is 17.5. The van der Waals surface area contributed by atoms with Gasteiger partial charge in [0.25, 0.3) is 7.82 Å². The van der Waals surface area contributed by atoms with Gasteiger partial charge in [0.05, 0.1) is 27.7 Å². The molecule has 0 saturated heterocycles. The molecule has 0 aromatic heterocycles. The standard InChI is InChI=1S/C81H150NO8P/c1-6-8-10-12-14-16-18-20-22-24-26-28-30-32-34-36-37-38-39-40-41-42-43-44-46-47-49-51-53-55-57-59-61-63-65-67-69-71-73-80(83)87-77-79(78-89-91(85,86)88-76-75-82(3,4)5)90-81(84)74-72-70-68-66-64-62-60-58-56-54-52-50-48-45-35-33-31-29-27-25-23-21-19-17-15-13-11-9-7-2/h9,11,15,17,21,23,27,29,33,35,48,50,79H,6-8,10,12-14,16,18-20,22,24-26,28,30-32,34,36-47,49,51-78H2,1-5H3/b11-9-,17-15-,23-21-,29-27-,35-33-,50-48-. The second kappa shape index (κ2) is 71.7. The molecule has 0 aromatic rings. The Labute approximate surface area is 565 Å². The first kappa shape index (κ1) is 88.5. The Bertz CT molecular complexity index is 1770. The molecule has 0 radical (unpaired) electrons. The quantitative estimate of drug-likeness (QED) is 0.0195. The van der Waals surface area contributed by atoms with Gasteiger partial charge in [-0.3, -0.25) is 14.2 Å². The van der Waals surface area contributed by atoms with Gasteiger partial charge in [0, 0.05) is 12.8 Å². The van der Waals surface area contributed by atoms with Gasteiger partial charge in [-0.25, -0.2) is 0 Å². The van der Waals surface area contributed by atoms with E-state index in [1.54, 1.807) is 0 Å². The van der Waals surface area contributed by atoms with E-state index in [1.165, 1.54) is 263 Å². The van der Waals surface area contributed by atoms with Gasteiger partial charge >= 0.3 is 11.9 Å². The van der Waals surface area contributed by atoms with Crippen LogP contribution >= 0.6 is 7.82 Å². The Morgan fingerprint density at radius 1 is 0.352 bits per heavy atom. The summed E-state index contributed by atoms with van der Waals surface area (Å²) in [6.07, 6.45) is 97.4. The molecule has 10 heteroatoms. The monoisotopic (exact) mass is 1300 g/mol. The molecule has 0 saturated carbocycles. The summed E-state index contributed by atoms with van der Waals surface area (Å²) < 4.78 is 34.4. The zero-order valence-electron chi connectivity index (χ0n) is 60.8. The lowest BCUT2D eigenvalue weighted by Crippen LogP contribution is -2.37. The van der Waals surface area contributed by atoms with Gasteiger partial charge in [-0.2, -0.15) is 0 Å². The van der Waals surface area contributed by atoms with Crippen LogP contribution in [0.25, 0.3) is 0 Å². The molecule has 0 aliphatic heterocycles. The van der Waals surface area contributed by atoms with E-state index in [-0.39, 0.29) is 32.0 Å². The largest absolute Gasteiger partial charge is 0.756 e. The maximum Gasteiger partial charge on any atom is 0.306 e. The number of phosphoric ester groups is 1. The molecule has 0 bridgehead atoms. The average molecular weight is 1300 g/mol. The summed E-state index contributed by atoms with van der Waals surface area (Å²) in [4.78, 5) is 38.1. The normalized spacial score (nSPS) is 13.4. The van der Waals surface area contributed by atoms with Gasteiger partial charge in [-0.05, 0) is 64.2 Å². The van der Waals surface area contributed by atoms with Crippen molar-refractivity contribution in [2.75, 3.05) is 47.5 Å². The van der Waals surface area contributed by atoms with E-state index in [2.05, 4.69) is 86.8 Å². The number of phosphoric acid groups is 1. The average Bonchev–Trinajstić information content (AvgIpc) is 3.74. The Morgan fingerprint density at radius 2 is 0.626 bits per heavy atom. The number of hydrogen-bond donors (Lipinski definition) is 0. The fourth-order valence-corrected chi connectivity index (χ4v) is 12.3. The molecule has 532 valence electrons. The zero-order chi connectivity index (χ0) is 66.2. The van der Waals surface area contributed by atoms with Crippen LogP contribution in [0.1, 0.15) is 380 Å². The first-order valence-corrected chi connectivity index (χ1v) is 40.6. The number of ether oxygens (including phenoxy) is 2. The van der Waals surface area contributed by atoms with Crippen molar-refractivity contribution in [3.05, 3.63) is 72.9 Å². The van der Waals surface area contributed by atoms with Crippen molar-refractivity contribution in [3.63, 3.8) is 0 Å². The second-order valence-corrected chi connectivity index (χ2v) is 29.1. The molecule has 9 nitrogen and oxygen atoms in total. The van der Waals surface area contributed by atoms with Gasteiger partial charge in [-0.1, -0.05) is 376 Å². The van der Waals surface area contributed by atoms with Crippen LogP contribution in [0.3, 0.4) is 0 Å². The van der Waals surface area contributed by atoms with Crippen LogP contribution in [0.2, 0.25) is 0 Å². The first-order chi connectivity index (χ1) is 44.5. The maximum absolute atomic E-state index is 12.9. The van der Waals surface area contributed by atoms with E-state index >= 15 is 0 Å². The zero-order valence-corrected chi connectivity index (χ0v) is 61.7. The summed E-state index contributed by atoms with van der Waals surface area (Å²) in [5, 5.41) is 0.